The van der Waals surface area contributed by atoms with Crippen molar-refractivity contribution in [1.29, 1.82) is 0 Å². The van der Waals surface area contributed by atoms with E-state index in [0.717, 1.165) is 24.8 Å². The Balaban J connectivity index is 1.97. The molecule has 6 heteroatoms. The highest BCUT2D eigenvalue weighted by molar-refractivity contribution is 7.92. The fraction of sp³-hybridized carbons (Fsp3) is 0.533. The fourth-order valence-corrected chi connectivity index (χ4v) is 4.42. The number of benzene rings is 1. The van der Waals surface area contributed by atoms with Crippen molar-refractivity contribution in [3.05, 3.63) is 29.8 Å². The quantitative estimate of drug-likeness (QED) is 0.868. The van der Waals surface area contributed by atoms with E-state index in [1.54, 1.807) is 18.2 Å². The molecule has 5 nitrogen and oxygen atoms in total. The molecule has 0 spiro atoms. The number of hydrogen-bond acceptors (Lipinski definition) is 4. The molecule has 0 radical (unpaired) electrons. The molecule has 21 heavy (non-hydrogen) atoms. The molecule has 0 heterocycles. The number of carbonyl (C=O) groups excluding carboxylic acids is 1. The van der Waals surface area contributed by atoms with Crippen LogP contribution in [0.15, 0.2) is 24.3 Å². The second-order valence-electron chi connectivity index (χ2n) is 5.52. The van der Waals surface area contributed by atoms with Crippen molar-refractivity contribution in [2.24, 2.45) is 5.73 Å². The van der Waals surface area contributed by atoms with E-state index in [4.69, 9.17) is 5.73 Å². The predicted octanol–water partition coefficient (Wildman–Crippen LogP) is 1.83. The second-order valence-corrected chi connectivity index (χ2v) is 7.80. The SMILES string of the molecule is NCc1cccc(NC(=O)CS(=O)(=O)C2CCCCC2)c1. The third-order valence-corrected chi connectivity index (χ3v) is 5.99. The Hall–Kier alpha value is -1.40. The molecule has 1 amide bonds. The summed E-state index contributed by atoms with van der Waals surface area (Å²) in [6, 6.07) is 7.12. The molecule has 1 aliphatic carbocycles. The fourth-order valence-electron chi connectivity index (χ4n) is 2.70. The molecule has 0 atom stereocenters. The molecule has 0 saturated heterocycles. The van der Waals surface area contributed by atoms with Crippen molar-refractivity contribution in [2.75, 3.05) is 11.1 Å². The summed E-state index contributed by atoms with van der Waals surface area (Å²) in [5.74, 6) is -0.917. The number of sulfone groups is 1. The van der Waals surface area contributed by atoms with Gasteiger partial charge in [0, 0.05) is 12.2 Å². The van der Waals surface area contributed by atoms with Gasteiger partial charge in [0.25, 0.3) is 0 Å². The summed E-state index contributed by atoms with van der Waals surface area (Å²) in [7, 11) is -3.36. The topological polar surface area (TPSA) is 89.3 Å². The number of carbonyl (C=O) groups is 1. The van der Waals surface area contributed by atoms with E-state index in [1.165, 1.54) is 0 Å². The summed E-state index contributed by atoms with van der Waals surface area (Å²) in [5, 5.41) is 2.28. The van der Waals surface area contributed by atoms with E-state index in [9.17, 15) is 13.2 Å². The van der Waals surface area contributed by atoms with Crippen LogP contribution in [0.25, 0.3) is 0 Å². The van der Waals surface area contributed by atoms with Gasteiger partial charge in [-0.1, -0.05) is 31.4 Å². The van der Waals surface area contributed by atoms with Crippen LogP contribution in [-0.4, -0.2) is 25.3 Å². The Kier molecular flexibility index (Phi) is 5.36. The zero-order chi connectivity index (χ0) is 15.3. The van der Waals surface area contributed by atoms with Crippen LogP contribution in [0.2, 0.25) is 0 Å². The Morgan fingerprint density at radius 2 is 1.95 bits per heavy atom. The maximum absolute atomic E-state index is 12.2. The molecule has 3 N–H and O–H groups in total. The lowest BCUT2D eigenvalue weighted by atomic mass is 10.0. The average Bonchev–Trinajstić information content (AvgIpc) is 2.47. The van der Waals surface area contributed by atoms with E-state index in [2.05, 4.69) is 5.32 Å². The van der Waals surface area contributed by atoms with Crippen molar-refractivity contribution >= 4 is 21.4 Å². The summed E-state index contributed by atoms with van der Waals surface area (Å²) in [4.78, 5) is 11.9. The first kappa shape index (κ1) is 16.0. The molecule has 1 saturated carbocycles. The van der Waals surface area contributed by atoms with Crippen LogP contribution < -0.4 is 11.1 Å². The van der Waals surface area contributed by atoms with Crippen molar-refractivity contribution < 1.29 is 13.2 Å². The molecule has 1 aromatic carbocycles. The summed E-state index contributed by atoms with van der Waals surface area (Å²) in [6.45, 7) is 0.379. The first-order chi connectivity index (χ1) is 10.0. The number of anilines is 1. The maximum atomic E-state index is 12.2. The molecule has 2 rings (SSSR count). The number of amides is 1. The molecule has 0 aliphatic heterocycles. The highest BCUT2D eigenvalue weighted by Crippen LogP contribution is 2.24. The van der Waals surface area contributed by atoms with Crippen LogP contribution in [0.4, 0.5) is 5.69 Å². The monoisotopic (exact) mass is 310 g/mol. The van der Waals surface area contributed by atoms with Crippen molar-refractivity contribution in [3.8, 4) is 0 Å². The summed E-state index contributed by atoms with van der Waals surface area (Å²) >= 11 is 0. The van der Waals surface area contributed by atoms with Crippen molar-refractivity contribution in [1.82, 2.24) is 0 Å². The van der Waals surface area contributed by atoms with E-state index in [-0.39, 0.29) is 5.25 Å². The molecule has 116 valence electrons. The third-order valence-electron chi connectivity index (χ3n) is 3.84. The largest absolute Gasteiger partial charge is 0.326 e. The van der Waals surface area contributed by atoms with Crippen LogP contribution in [0, 0.1) is 0 Å². The number of nitrogens with one attached hydrogen (secondary N) is 1. The van der Waals surface area contributed by atoms with E-state index < -0.39 is 21.5 Å². The Morgan fingerprint density at radius 3 is 2.62 bits per heavy atom. The minimum absolute atomic E-state index is 0.354. The van der Waals surface area contributed by atoms with Crippen molar-refractivity contribution in [2.45, 2.75) is 43.9 Å². The van der Waals surface area contributed by atoms with Gasteiger partial charge in [-0.25, -0.2) is 8.42 Å². The number of nitrogens with two attached hydrogens (primary N) is 1. The van der Waals surface area contributed by atoms with Crippen LogP contribution in [0.1, 0.15) is 37.7 Å². The van der Waals surface area contributed by atoms with Crippen LogP contribution in [0.5, 0.6) is 0 Å². The van der Waals surface area contributed by atoms with Gasteiger partial charge in [0.15, 0.2) is 9.84 Å². The molecular weight excluding hydrogens is 288 g/mol. The number of hydrogen-bond donors (Lipinski definition) is 2. The Bertz CT molecular complexity index is 593. The molecule has 0 bridgehead atoms. The van der Waals surface area contributed by atoms with Gasteiger partial charge >= 0.3 is 0 Å². The van der Waals surface area contributed by atoms with Gasteiger partial charge in [-0.05, 0) is 30.5 Å². The van der Waals surface area contributed by atoms with Gasteiger partial charge in [-0.3, -0.25) is 4.79 Å². The Labute approximate surface area is 125 Å². The van der Waals surface area contributed by atoms with Crippen LogP contribution >= 0.6 is 0 Å². The lowest BCUT2D eigenvalue weighted by Gasteiger charge is -2.21. The molecule has 0 aromatic heterocycles. The van der Waals surface area contributed by atoms with Crippen LogP contribution in [-0.2, 0) is 21.2 Å². The lowest BCUT2D eigenvalue weighted by molar-refractivity contribution is -0.113. The highest BCUT2D eigenvalue weighted by atomic mass is 32.2. The molecular formula is C15H22N2O3S. The smallest absolute Gasteiger partial charge is 0.239 e. The van der Waals surface area contributed by atoms with Crippen molar-refractivity contribution in [3.63, 3.8) is 0 Å². The predicted molar refractivity (Wildman–Crippen MR) is 83.6 cm³/mol. The summed E-state index contributed by atoms with van der Waals surface area (Å²) in [6.07, 6.45) is 4.31. The van der Waals surface area contributed by atoms with Gasteiger partial charge in [-0.15, -0.1) is 0 Å². The minimum atomic E-state index is -3.36. The van der Waals surface area contributed by atoms with Gasteiger partial charge in [0.1, 0.15) is 5.75 Å². The first-order valence-corrected chi connectivity index (χ1v) is 9.03. The van der Waals surface area contributed by atoms with E-state index >= 15 is 0 Å². The number of rotatable bonds is 5. The van der Waals surface area contributed by atoms with Gasteiger partial charge in [0.2, 0.25) is 5.91 Å². The van der Waals surface area contributed by atoms with E-state index in [1.807, 2.05) is 6.07 Å². The molecule has 0 unspecified atom stereocenters. The normalized spacial score (nSPS) is 16.6. The van der Waals surface area contributed by atoms with Gasteiger partial charge in [0.05, 0.1) is 5.25 Å². The van der Waals surface area contributed by atoms with Gasteiger partial charge in [-0.2, -0.15) is 0 Å². The molecule has 1 aliphatic rings. The van der Waals surface area contributed by atoms with E-state index in [0.29, 0.717) is 25.1 Å². The minimum Gasteiger partial charge on any atom is -0.326 e. The highest BCUT2D eigenvalue weighted by Gasteiger charge is 2.29. The zero-order valence-corrected chi connectivity index (χ0v) is 12.9. The maximum Gasteiger partial charge on any atom is 0.239 e. The first-order valence-electron chi connectivity index (χ1n) is 7.32. The Morgan fingerprint density at radius 1 is 1.24 bits per heavy atom. The average molecular weight is 310 g/mol. The zero-order valence-electron chi connectivity index (χ0n) is 12.0. The second kappa shape index (κ2) is 7.04. The summed E-state index contributed by atoms with van der Waals surface area (Å²) < 4.78 is 24.5. The lowest BCUT2D eigenvalue weighted by Crippen LogP contribution is -2.32. The molecule has 1 aromatic rings. The molecule has 1 fully saturated rings. The van der Waals surface area contributed by atoms with Crippen LogP contribution in [0.3, 0.4) is 0 Å². The third kappa shape index (κ3) is 4.54. The van der Waals surface area contributed by atoms with Gasteiger partial charge < -0.3 is 11.1 Å². The standard InChI is InChI=1S/C15H22N2O3S/c16-10-12-5-4-6-13(9-12)17-15(18)11-21(19,20)14-7-2-1-3-8-14/h4-6,9,14H,1-3,7-8,10-11,16H2,(H,17,18). The summed E-state index contributed by atoms with van der Waals surface area (Å²) in [5.41, 5.74) is 7.02.